The summed E-state index contributed by atoms with van der Waals surface area (Å²) in [6.07, 6.45) is 3.11. The molecule has 0 aliphatic carbocycles. The molecule has 1 N–H and O–H groups in total. The molecule has 0 spiro atoms. The van der Waals surface area contributed by atoms with Gasteiger partial charge in [-0.15, -0.1) is 0 Å². The van der Waals surface area contributed by atoms with Crippen molar-refractivity contribution in [1.82, 2.24) is 19.5 Å². The molecule has 0 amide bonds. The van der Waals surface area contributed by atoms with Crippen molar-refractivity contribution in [2.75, 3.05) is 0 Å². The number of aromatic amines is 1. The van der Waals surface area contributed by atoms with Crippen LogP contribution in [0.1, 0.15) is 0 Å². The van der Waals surface area contributed by atoms with Crippen molar-refractivity contribution < 1.29 is 0 Å². The lowest BCUT2D eigenvalue weighted by atomic mass is 10.5. The number of imidazole rings is 1. The summed E-state index contributed by atoms with van der Waals surface area (Å²) in [5, 5.41) is 0. The molecule has 0 atom stereocenters. The van der Waals surface area contributed by atoms with Gasteiger partial charge in [-0.25, -0.2) is 9.98 Å². The maximum atomic E-state index is 11.7. The van der Waals surface area contributed by atoms with E-state index in [-0.39, 0.29) is 5.56 Å². The van der Waals surface area contributed by atoms with E-state index in [1.54, 1.807) is 6.21 Å². The van der Waals surface area contributed by atoms with E-state index in [0.29, 0.717) is 23.7 Å². The molecule has 0 fully saturated rings. The van der Waals surface area contributed by atoms with Crippen LogP contribution in [0.25, 0.3) is 11.2 Å². The van der Waals surface area contributed by atoms with E-state index in [1.807, 2.05) is 0 Å². The zero-order valence-electron chi connectivity index (χ0n) is 6.56. The van der Waals surface area contributed by atoms with E-state index >= 15 is 0 Å². The number of nitrogens with one attached hydrogen (secondary N) is 1. The van der Waals surface area contributed by atoms with Crippen LogP contribution in [0.15, 0.2) is 16.1 Å². The van der Waals surface area contributed by atoms with Gasteiger partial charge in [0, 0.05) is 6.21 Å². The average Bonchev–Trinajstić information content (AvgIpc) is 2.71. The van der Waals surface area contributed by atoms with Crippen molar-refractivity contribution in [1.29, 1.82) is 0 Å². The molecule has 13 heavy (non-hydrogen) atoms. The first-order valence-corrected chi connectivity index (χ1v) is 3.83. The third-order valence-electron chi connectivity index (χ3n) is 2.00. The molecule has 0 saturated heterocycles. The third kappa shape index (κ3) is 0.715. The third-order valence-corrected chi connectivity index (χ3v) is 2.00. The number of hydrogen-bond donors (Lipinski definition) is 1. The number of fused-ring (bicyclic) bond motifs is 2. The summed E-state index contributed by atoms with van der Waals surface area (Å²) in [7, 11) is 0. The van der Waals surface area contributed by atoms with Crippen LogP contribution in [-0.4, -0.2) is 25.7 Å². The highest BCUT2D eigenvalue weighted by Gasteiger charge is 2.13. The zero-order valence-corrected chi connectivity index (χ0v) is 6.56. The summed E-state index contributed by atoms with van der Waals surface area (Å²) < 4.78 is 1.50. The maximum absolute atomic E-state index is 11.7. The highest BCUT2D eigenvalue weighted by Crippen LogP contribution is 2.12. The molecule has 0 saturated carbocycles. The average molecular weight is 175 g/mol. The lowest BCUT2D eigenvalue weighted by Crippen LogP contribution is -2.19. The van der Waals surface area contributed by atoms with Crippen molar-refractivity contribution in [2.45, 2.75) is 6.54 Å². The monoisotopic (exact) mass is 175 g/mol. The van der Waals surface area contributed by atoms with Crippen LogP contribution < -0.4 is 5.56 Å². The lowest BCUT2D eigenvalue weighted by molar-refractivity contribution is 0.834. The molecule has 6 heteroatoms. The Labute approximate surface area is 72.0 Å². The van der Waals surface area contributed by atoms with Gasteiger partial charge in [0.15, 0.2) is 11.2 Å². The Bertz CT molecular complexity index is 564. The molecule has 3 heterocycles. The van der Waals surface area contributed by atoms with Gasteiger partial charge in [0.1, 0.15) is 0 Å². The second kappa shape index (κ2) is 2.03. The Morgan fingerprint density at radius 2 is 2.46 bits per heavy atom. The van der Waals surface area contributed by atoms with Gasteiger partial charge in [-0.05, 0) is 0 Å². The number of rotatable bonds is 0. The van der Waals surface area contributed by atoms with E-state index in [9.17, 15) is 4.79 Å². The quantitative estimate of drug-likeness (QED) is 0.604. The van der Waals surface area contributed by atoms with Crippen LogP contribution in [0.5, 0.6) is 0 Å². The van der Waals surface area contributed by atoms with Gasteiger partial charge in [0.25, 0.3) is 5.56 Å². The molecule has 0 aromatic carbocycles. The van der Waals surface area contributed by atoms with Crippen LogP contribution in [0.2, 0.25) is 0 Å². The summed E-state index contributed by atoms with van der Waals surface area (Å²) in [6.45, 7) is 0.496. The Hall–Kier alpha value is -1.98. The van der Waals surface area contributed by atoms with Crippen molar-refractivity contribution in [3.8, 4) is 0 Å². The molecule has 64 valence electrons. The molecule has 0 unspecified atom stereocenters. The van der Waals surface area contributed by atoms with Crippen molar-refractivity contribution in [2.24, 2.45) is 4.99 Å². The fourth-order valence-corrected chi connectivity index (χ4v) is 1.38. The number of H-pyrrole nitrogens is 1. The van der Waals surface area contributed by atoms with Gasteiger partial charge in [-0.1, -0.05) is 0 Å². The maximum Gasteiger partial charge on any atom is 0.281 e. The minimum absolute atomic E-state index is 0.116. The minimum atomic E-state index is -0.116. The van der Waals surface area contributed by atoms with Gasteiger partial charge in [0.05, 0.1) is 12.9 Å². The molecule has 2 aromatic heterocycles. The highest BCUT2D eigenvalue weighted by atomic mass is 16.1. The molecule has 0 radical (unpaired) electrons. The molecule has 1 aliphatic rings. The first kappa shape index (κ1) is 6.53. The molecule has 0 bridgehead atoms. The molecular weight excluding hydrogens is 170 g/mol. The fourth-order valence-electron chi connectivity index (χ4n) is 1.38. The van der Waals surface area contributed by atoms with Crippen molar-refractivity contribution in [3.05, 3.63) is 16.7 Å². The number of aromatic nitrogens is 4. The molecule has 2 aromatic rings. The Balaban J connectivity index is 2.57. The van der Waals surface area contributed by atoms with E-state index in [4.69, 9.17) is 0 Å². The SMILES string of the molecule is O=c1c2[nH]cnc2nc2n1CC=N2. The lowest BCUT2D eigenvalue weighted by Gasteiger charge is -1.97. The molecule has 3 rings (SSSR count). The molecule has 6 nitrogen and oxygen atoms in total. The summed E-state index contributed by atoms with van der Waals surface area (Å²) in [5.74, 6) is 0.435. The van der Waals surface area contributed by atoms with Gasteiger partial charge in [0.2, 0.25) is 5.95 Å². The van der Waals surface area contributed by atoms with E-state index < -0.39 is 0 Å². The predicted molar refractivity (Wildman–Crippen MR) is 46.3 cm³/mol. The highest BCUT2D eigenvalue weighted by molar-refractivity contribution is 5.73. The number of aliphatic imine (C=N–C) groups is 1. The first-order chi connectivity index (χ1) is 6.36. The summed E-state index contributed by atoms with van der Waals surface area (Å²) >= 11 is 0. The van der Waals surface area contributed by atoms with E-state index in [1.165, 1.54) is 10.9 Å². The number of nitrogens with zero attached hydrogens (tertiary/aromatic N) is 4. The van der Waals surface area contributed by atoms with Gasteiger partial charge >= 0.3 is 0 Å². The fraction of sp³-hybridized carbons (Fsp3) is 0.143. The topological polar surface area (TPSA) is 75.9 Å². The van der Waals surface area contributed by atoms with Crippen LogP contribution in [-0.2, 0) is 6.54 Å². The largest absolute Gasteiger partial charge is 0.339 e. The minimum Gasteiger partial charge on any atom is -0.339 e. The predicted octanol–water partition coefficient (Wildman–Crippen LogP) is -0.165. The Morgan fingerprint density at radius 3 is 3.38 bits per heavy atom. The van der Waals surface area contributed by atoms with Crippen LogP contribution in [0, 0.1) is 0 Å². The first-order valence-electron chi connectivity index (χ1n) is 3.83. The molecule has 1 aliphatic heterocycles. The zero-order chi connectivity index (χ0) is 8.84. The second-order valence-electron chi connectivity index (χ2n) is 2.74. The molecular formula is C7H5N5O. The summed E-state index contributed by atoms with van der Waals surface area (Å²) in [5.41, 5.74) is 0.750. The summed E-state index contributed by atoms with van der Waals surface area (Å²) in [6, 6.07) is 0. The van der Waals surface area contributed by atoms with E-state index in [2.05, 4.69) is 19.9 Å². The normalized spacial score (nSPS) is 13.8. The van der Waals surface area contributed by atoms with Gasteiger partial charge < -0.3 is 4.98 Å². The second-order valence-corrected chi connectivity index (χ2v) is 2.74. The van der Waals surface area contributed by atoms with Crippen LogP contribution in [0.4, 0.5) is 5.95 Å². The van der Waals surface area contributed by atoms with E-state index in [0.717, 1.165) is 0 Å². The smallest absolute Gasteiger partial charge is 0.281 e. The Morgan fingerprint density at radius 1 is 1.54 bits per heavy atom. The van der Waals surface area contributed by atoms with Crippen molar-refractivity contribution in [3.63, 3.8) is 0 Å². The van der Waals surface area contributed by atoms with Crippen LogP contribution >= 0.6 is 0 Å². The Kier molecular flexibility index (Phi) is 1.02. The van der Waals surface area contributed by atoms with Crippen molar-refractivity contribution >= 4 is 23.3 Å². The standard InChI is InChI=1S/C7H5N5O/c13-6-4-5(10-3-9-4)11-7-8-1-2-12(6)7/h1,3H,2H2,(H,9,10). The van der Waals surface area contributed by atoms with Gasteiger partial charge in [-0.3, -0.25) is 9.36 Å². The summed E-state index contributed by atoms with van der Waals surface area (Å²) in [4.78, 5) is 26.4. The van der Waals surface area contributed by atoms with Crippen LogP contribution in [0.3, 0.4) is 0 Å². The van der Waals surface area contributed by atoms with Gasteiger partial charge in [-0.2, -0.15) is 4.98 Å². The number of hydrogen-bond acceptors (Lipinski definition) is 4.